The molecular weight excluding hydrogens is 366 g/mol. The molecule has 136 valence electrons. The number of carbonyl (C=O) groups is 1. The number of nitro benzene ring substituents is 1. The minimum atomic E-state index is -0.552. The van der Waals surface area contributed by atoms with E-state index in [1.54, 1.807) is 19.1 Å². The molecule has 0 aliphatic rings. The number of rotatable bonds is 5. The van der Waals surface area contributed by atoms with Crippen LogP contribution in [0.1, 0.15) is 17.3 Å². The molecular formula is C19H15N3O4S. The number of aromatic amines is 1. The van der Waals surface area contributed by atoms with Crippen molar-refractivity contribution in [2.24, 2.45) is 0 Å². The molecule has 0 unspecified atom stereocenters. The van der Waals surface area contributed by atoms with Gasteiger partial charge >= 0.3 is 5.97 Å². The Balaban J connectivity index is 2.26. The zero-order valence-corrected chi connectivity index (χ0v) is 15.2. The van der Waals surface area contributed by atoms with Gasteiger partial charge in [-0.1, -0.05) is 30.3 Å². The van der Waals surface area contributed by atoms with Crippen molar-refractivity contribution in [3.05, 3.63) is 75.0 Å². The van der Waals surface area contributed by atoms with Crippen molar-refractivity contribution in [2.45, 2.75) is 6.92 Å². The van der Waals surface area contributed by atoms with Crippen molar-refractivity contribution in [3.63, 3.8) is 0 Å². The molecule has 0 radical (unpaired) electrons. The monoisotopic (exact) mass is 381 g/mol. The number of hydrogen-bond donors (Lipinski definition) is 1. The molecule has 0 aliphatic carbocycles. The number of esters is 1. The second-order valence-corrected chi connectivity index (χ2v) is 5.92. The molecule has 8 heteroatoms. The zero-order valence-electron chi connectivity index (χ0n) is 14.3. The molecule has 1 heterocycles. The minimum absolute atomic E-state index is 0.0487. The third-order valence-electron chi connectivity index (χ3n) is 3.83. The summed E-state index contributed by atoms with van der Waals surface area (Å²) in [5, 5.41) is 10.9. The molecule has 0 saturated carbocycles. The van der Waals surface area contributed by atoms with Gasteiger partial charge in [-0.25, -0.2) is 9.78 Å². The van der Waals surface area contributed by atoms with Crippen LogP contribution >= 0.6 is 12.2 Å². The maximum atomic E-state index is 12.7. The Kier molecular flexibility index (Phi) is 5.37. The Morgan fingerprint density at radius 3 is 2.41 bits per heavy atom. The molecule has 1 aromatic heterocycles. The summed E-state index contributed by atoms with van der Waals surface area (Å²) in [5.41, 5.74) is 2.25. The maximum Gasteiger partial charge on any atom is 0.342 e. The van der Waals surface area contributed by atoms with Crippen molar-refractivity contribution in [2.75, 3.05) is 6.61 Å². The largest absolute Gasteiger partial charge is 0.462 e. The van der Waals surface area contributed by atoms with Gasteiger partial charge in [0.25, 0.3) is 5.69 Å². The molecule has 0 amide bonds. The summed E-state index contributed by atoms with van der Waals surface area (Å²) in [6.07, 6.45) is 0. The third-order valence-corrected chi connectivity index (χ3v) is 4.02. The highest BCUT2D eigenvalue weighted by Gasteiger charge is 2.22. The van der Waals surface area contributed by atoms with E-state index >= 15 is 0 Å². The summed E-state index contributed by atoms with van der Waals surface area (Å²) in [7, 11) is 0. The maximum absolute atomic E-state index is 12.7. The number of benzene rings is 2. The zero-order chi connectivity index (χ0) is 19.4. The van der Waals surface area contributed by atoms with Crippen molar-refractivity contribution >= 4 is 23.9 Å². The SMILES string of the molecule is CCOC(=O)c1c(-c2ccccc2)nc(=S)[nH]c1-c1ccc([N+](=O)[O-])cc1. The molecule has 0 atom stereocenters. The van der Waals surface area contributed by atoms with Crippen LogP contribution in [0.3, 0.4) is 0 Å². The highest BCUT2D eigenvalue weighted by Crippen LogP contribution is 2.31. The molecule has 2 aromatic carbocycles. The molecule has 1 N–H and O–H groups in total. The fraction of sp³-hybridized carbons (Fsp3) is 0.105. The number of non-ortho nitro benzene ring substituents is 1. The lowest BCUT2D eigenvalue weighted by molar-refractivity contribution is -0.384. The van der Waals surface area contributed by atoms with Crippen LogP contribution in [0.15, 0.2) is 54.6 Å². The van der Waals surface area contributed by atoms with Crippen LogP contribution in [0.5, 0.6) is 0 Å². The van der Waals surface area contributed by atoms with Crippen LogP contribution in [0.4, 0.5) is 5.69 Å². The first kappa shape index (κ1) is 18.4. The van der Waals surface area contributed by atoms with E-state index in [1.807, 2.05) is 30.3 Å². The molecule has 3 rings (SSSR count). The van der Waals surface area contributed by atoms with Crippen LogP contribution < -0.4 is 0 Å². The first-order valence-corrected chi connectivity index (χ1v) is 8.53. The second kappa shape index (κ2) is 7.88. The Hall–Kier alpha value is -3.39. The smallest absolute Gasteiger partial charge is 0.342 e. The highest BCUT2D eigenvalue weighted by molar-refractivity contribution is 7.71. The van der Waals surface area contributed by atoms with Gasteiger partial charge in [-0.2, -0.15) is 0 Å². The second-order valence-electron chi connectivity index (χ2n) is 5.53. The average Bonchev–Trinajstić information content (AvgIpc) is 2.68. The van der Waals surface area contributed by atoms with Gasteiger partial charge in [-0.3, -0.25) is 10.1 Å². The predicted octanol–water partition coefficient (Wildman–Crippen LogP) is 4.56. The lowest BCUT2D eigenvalue weighted by Gasteiger charge is -2.13. The van der Waals surface area contributed by atoms with E-state index in [-0.39, 0.29) is 22.6 Å². The third kappa shape index (κ3) is 3.90. The van der Waals surface area contributed by atoms with E-state index in [2.05, 4.69) is 9.97 Å². The van der Waals surface area contributed by atoms with Crippen molar-refractivity contribution in [1.29, 1.82) is 0 Å². The van der Waals surface area contributed by atoms with Crippen LogP contribution in [0.2, 0.25) is 0 Å². The first-order chi connectivity index (χ1) is 13.0. The van der Waals surface area contributed by atoms with Crippen LogP contribution in [-0.4, -0.2) is 27.5 Å². The standard InChI is InChI=1S/C19H15N3O4S/c1-2-26-18(23)15-16(12-6-4-3-5-7-12)20-19(27)21-17(15)13-8-10-14(11-9-13)22(24)25/h3-11H,2H2,1H3,(H,20,21,27). The number of hydrogen-bond acceptors (Lipinski definition) is 6. The molecule has 0 fully saturated rings. The van der Waals surface area contributed by atoms with E-state index in [9.17, 15) is 14.9 Å². The fourth-order valence-electron chi connectivity index (χ4n) is 2.65. The summed E-state index contributed by atoms with van der Waals surface area (Å²) in [6, 6.07) is 15.0. The molecule has 0 aliphatic heterocycles. The van der Waals surface area contributed by atoms with Crippen LogP contribution in [0.25, 0.3) is 22.5 Å². The number of nitrogens with zero attached hydrogens (tertiary/aromatic N) is 2. The summed E-state index contributed by atoms with van der Waals surface area (Å²) in [6.45, 7) is 1.91. The van der Waals surface area contributed by atoms with Gasteiger partial charge in [0.15, 0.2) is 4.77 Å². The van der Waals surface area contributed by atoms with E-state index in [0.29, 0.717) is 22.5 Å². The van der Waals surface area contributed by atoms with Gasteiger partial charge in [0.05, 0.1) is 22.9 Å². The van der Waals surface area contributed by atoms with Gasteiger partial charge < -0.3 is 9.72 Å². The number of H-pyrrole nitrogens is 1. The normalized spacial score (nSPS) is 10.4. The number of aromatic nitrogens is 2. The van der Waals surface area contributed by atoms with Gasteiger partial charge in [-0.05, 0) is 36.8 Å². The van der Waals surface area contributed by atoms with Crippen molar-refractivity contribution in [1.82, 2.24) is 9.97 Å². The minimum Gasteiger partial charge on any atom is -0.462 e. The van der Waals surface area contributed by atoms with Crippen LogP contribution in [-0.2, 0) is 4.74 Å². The van der Waals surface area contributed by atoms with E-state index in [4.69, 9.17) is 17.0 Å². The van der Waals surface area contributed by atoms with Crippen molar-refractivity contribution in [3.8, 4) is 22.5 Å². The van der Waals surface area contributed by atoms with Gasteiger partial charge in [0.2, 0.25) is 0 Å². The molecule has 0 bridgehead atoms. The van der Waals surface area contributed by atoms with Crippen LogP contribution in [0, 0.1) is 14.9 Å². The highest BCUT2D eigenvalue weighted by atomic mass is 32.1. The van der Waals surface area contributed by atoms with Gasteiger partial charge in [-0.15, -0.1) is 0 Å². The van der Waals surface area contributed by atoms with Gasteiger partial charge in [0, 0.05) is 17.7 Å². The Morgan fingerprint density at radius 2 is 1.81 bits per heavy atom. The van der Waals surface area contributed by atoms with E-state index < -0.39 is 10.9 Å². The topological polar surface area (TPSA) is 98.1 Å². The molecule has 27 heavy (non-hydrogen) atoms. The van der Waals surface area contributed by atoms with E-state index in [0.717, 1.165) is 0 Å². The lowest BCUT2D eigenvalue weighted by atomic mass is 10.00. The Labute approximate surface area is 159 Å². The number of nitrogens with one attached hydrogen (secondary N) is 1. The summed E-state index contributed by atoms with van der Waals surface area (Å²) >= 11 is 5.24. The fourth-order valence-corrected chi connectivity index (χ4v) is 2.84. The van der Waals surface area contributed by atoms with Crippen molar-refractivity contribution < 1.29 is 14.5 Å². The van der Waals surface area contributed by atoms with Gasteiger partial charge in [0.1, 0.15) is 5.56 Å². The number of carbonyl (C=O) groups excluding carboxylic acids is 1. The first-order valence-electron chi connectivity index (χ1n) is 8.13. The molecule has 7 nitrogen and oxygen atoms in total. The predicted molar refractivity (Wildman–Crippen MR) is 103 cm³/mol. The summed E-state index contributed by atoms with van der Waals surface area (Å²) in [5.74, 6) is -0.552. The Morgan fingerprint density at radius 1 is 1.15 bits per heavy atom. The summed E-state index contributed by atoms with van der Waals surface area (Å²) in [4.78, 5) is 30.4. The molecule has 3 aromatic rings. The summed E-state index contributed by atoms with van der Waals surface area (Å²) < 4.78 is 5.40. The quantitative estimate of drug-likeness (QED) is 0.301. The average molecular weight is 381 g/mol. The number of nitro groups is 1. The molecule has 0 spiro atoms. The van der Waals surface area contributed by atoms with E-state index in [1.165, 1.54) is 12.1 Å². The number of ether oxygens (including phenoxy) is 1. The Bertz CT molecular complexity index is 1050. The lowest BCUT2D eigenvalue weighted by Crippen LogP contribution is -2.11. The molecule has 0 saturated heterocycles.